The average molecular weight is 287 g/mol. The van der Waals surface area contributed by atoms with Crippen molar-refractivity contribution in [3.63, 3.8) is 0 Å². The molecule has 0 aromatic heterocycles. The fourth-order valence-corrected chi connectivity index (χ4v) is 3.43. The number of hydrogen-bond donors (Lipinski definition) is 2. The zero-order valence-electron chi connectivity index (χ0n) is 13.0. The molecule has 1 fully saturated rings. The first kappa shape index (κ1) is 14.5. The molecule has 0 spiro atoms. The molecular formula is C17H25N3O. The third-order valence-corrected chi connectivity index (χ3v) is 5.21. The Morgan fingerprint density at radius 2 is 2.00 bits per heavy atom. The molecule has 114 valence electrons. The second-order valence-corrected chi connectivity index (χ2v) is 6.55. The third-order valence-electron chi connectivity index (χ3n) is 5.21. The van der Waals surface area contributed by atoms with Crippen LogP contribution in [0.4, 0.5) is 5.69 Å². The third kappa shape index (κ3) is 2.97. The first-order chi connectivity index (χ1) is 10.1. The van der Waals surface area contributed by atoms with Gasteiger partial charge in [0.15, 0.2) is 0 Å². The predicted octanol–water partition coefficient (Wildman–Crippen LogP) is 2.01. The molecule has 2 N–H and O–H groups in total. The van der Waals surface area contributed by atoms with Gasteiger partial charge in [-0.25, -0.2) is 0 Å². The molecule has 0 bridgehead atoms. The summed E-state index contributed by atoms with van der Waals surface area (Å²) in [5.74, 6) is 0.160. The zero-order chi connectivity index (χ0) is 14.9. The Balaban J connectivity index is 1.69. The van der Waals surface area contributed by atoms with E-state index in [4.69, 9.17) is 0 Å². The van der Waals surface area contributed by atoms with E-state index < -0.39 is 0 Å². The molecule has 2 heterocycles. The van der Waals surface area contributed by atoms with Crippen LogP contribution < -0.4 is 10.6 Å². The number of rotatable bonds is 2. The molecule has 1 aromatic carbocycles. The van der Waals surface area contributed by atoms with Crippen molar-refractivity contribution < 1.29 is 4.79 Å². The standard InChI is InChI=1S/C17H25N3O/c1-17(18-2)9-11-20(12-10-17)15-8-7-13-5-3-4-6-14(13)19-16(15)21/h3-6,15,18H,7-12H2,1-2H3,(H,19,21). The van der Waals surface area contributed by atoms with Gasteiger partial charge in [-0.1, -0.05) is 18.2 Å². The Morgan fingerprint density at radius 3 is 2.71 bits per heavy atom. The zero-order valence-corrected chi connectivity index (χ0v) is 13.0. The van der Waals surface area contributed by atoms with Crippen molar-refractivity contribution in [1.82, 2.24) is 10.2 Å². The molecule has 1 atom stereocenters. The van der Waals surface area contributed by atoms with Crippen molar-refractivity contribution in [2.45, 2.75) is 44.2 Å². The molecule has 0 radical (unpaired) electrons. The number of benzene rings is 1. The second-order valence-electron chi connectivity index (χ2n) is 6.55. The number of para-hydroxylation sites is 1. The molecule has 0 saturated carbocycles. The van der Waals surface area contributed by atoms with E-state index in [1.54, 1.807) is 0 Å². The highest BCUT2D eigenvalue weighted by atomic mass is 16.2. The number of fused-ring (bicyclic) bond motifs is 1. The number of nitrogens with one attached hydrogen (secondary N) is 2. The molecule has 3 rings (SSSR count). The van der Waals surface area contributed by atoms with Gasteiger partial charge in [0.05, 0.1) is 6.04 Å². The predicted molar refractivity (Wildman–Crippen MR) is 85.5 cm³/mol. The van der Waals surface area contributed by atoms with Gasteiger partial charge in [-0.3, -0.25) is 9.69 Å². The molecule has 0 aliphatic carbocycles. The van der Waals surface area contributed by atoms with E-state index in [9.17, 15) is 4.79 Å². The van der Waals surface area contributed by atoms with Gasteiger partial charge < -0.3 is 10.6 Å². The van der Waals surface area contributed by atoms with Crippen LogP contribution in [0.15, 0.2) is 24.3 Å². The lowest BCUT2D eigenvalue weighted by atomic mass is 9.88. The van der Waals surface area contributed by atoms with Crippen LogP contribution in [0.25, 0.3) is 0 Å². The normalized spacial score (nSPS) is 25.8. The van der Waals surface area contributed by atoms with Crippen molar-refractivity contribution in [3.05, 3.63) is 29.8 Å². The summed E-state index contributed by atoms with van der Waals surface area (Å²) in [4.78, 5) is 14.9. The lowest BCUT2D eigenvalue weighted by molar-refractivity contribution is -0.122. The van der Waals surface area contributed by atoms with Gasteiger partial charge >= 0.3 is 0 Å². The summed E-state index contributed by atoms with van der Waals surface area (Å²) >= 11 is 0. The van der Waals surface area contributed by atoms with Crippen molar-refractivity contribution >= 4 is 11.6 Å². The van der Waals surface area contributed by atoms with E-state index in [2.05, 4.69) is 28.5 Å². The van der Waals surface area contributed by atoms with Crippen LogP contribution in [0.3, 0.4) is 0 Å². The van der Waals surface area contributed by atoms with Gasteiger partial charge in [0, 0.05) is 24.3 Å². The van der Waals surface area contributed by atoms with Crippen molar-refractivity contribution in [2.75, 3.05) is 25.5 Å². The van der Waals surface area contributed by atoms with Crippen LogP contribution in [0.2, 0.25) is 0 Å². The molecule has 1 amide bonds. The Bertz CT molecular complexity index is 521. The number of amides is 1. The Kier molecular flexibility index (Phi) is 4.00. The van der Waals surface area contributed by atoms with Crippen LogP contribution in [0.5, 0.6) is 0 Å². The fourth-order valence-electron chi connectivity index (χ4n) is 3.43. The number of carbonyl (C=O) groups is 1. The van der Waals surface area contributed by atoms with Crippen LogP contribution in [-0.2, 0) is 11.2 Å². The van der Waals surface area contributed by atoms with E-state index in [1.165, 1.54) is 5.56 Å². The van der Waals surface area contributed by atoms with E-state index in [1.807, 2.05) is 25.2 Å². The summed E-state index contributed by atoms with van der Waals surface area (Å²) < 4.78 is 0. The molecule has 1 aromatic rings. The Labute approximate surface area is 126 Å². The highest BCUT2D eigenvalue weighted by Gasteiger charge is 2.35. The molecule has 4 nitrogen and oxygen atoms in total. The molecule has 21 heavy (non-hydrogen) atoms. The summed E-state index contributed by atoms with van der Waals surface area (Å²) in [7, 11) is 2.03. The minimum atomic E-state index is 0.0128. The van der Waals surface area contributed by atoms with E-state index in [0.717, 1.165) is 44.5 Å². The first-order valence-electron chi connectivity index (χ1n) is 7.93. The largest absolute Gasteiger partial charge is 0.324 e. The Hall–Kier alpha value is -1.39. The number of likely N-dealkylation sites (tertiary alicyclic amines) is 1. The Morgan fingerprint density at radius 1 is 1.29 bits per heavy atom. The smallest absolute Gasteiger partial charge is 0.241 e. The summed E-state index contributed by atoms with van der Waals surface area (Å²) in [5, 5.41) is 6.52. The quantitative estimate of drug-likeness (QED) is 0.874. The highest BCUT2D eigenvalue weighted by Crippen LogP contribution is 2.27. The maximum absolute atomic E-state index is 12.5. The van der Waals surface area contributed by atoms with Gasteiger partial charge in [0.25, 0.3) is 0 Å². The molecule has 2 aliphatic heterocycles. The summed E-state index contributed by atoms with van der Waals surface area (Å²) in [6, 6.07) is 8.16. The summed E-state index contributed by atoms with van der Waals surface area (Å²) in [5.41, 5.74) is 2.47. The minimum Gasteiger partial charge on any atom is -0.324 e. The monoisotopic (exact) mass is 287 g/mol. The molecular weight excluding hydrogens is 262 g/mol. The lowest BCUT2D eigenvalue weighted by Gasteiger charge is -2.41. The number of piperidine rings is 1. The number of anilines is 1. The van der Waals surface area contributed by atoms with E-state index in [0.29, 0.717) is 0 Å². The maximum Gasteiger partial charge on any atom is 0.241 e. The van der Waals surface area contributed by atoms with Crippen LogP contribution in [0, 0.1) is 0 Å². The molecule has 2 aliphatic rings. The fraction of sp³-hybridized carbons (Fsp3) is 0.588. The van der Waals surface area contributed by atoms with Gasteiger partial charge in [-0.2, -0.15) is 0 Å². The van der Waals surface area contributed by atoms with Crippen LogP contribution in [0.1, 0.15) is 31.7 Å². The van der Waals surface area contributed by atoms with Gasteiger partial charge in [0.2, 0.25) is 5.91 Å². The topological polar surface area (TPSA) is 44.4 Å². The minimum absolute atomic E-state index is 0.0128. The van der Waals surface area contributed by atoms with Crippen LogP contribution in [-0.4, -0.2) is 42.5 Å². The van der Waals surface area contributed by atoms with E-state index in [-0.39, 0.29) is 17.5 Å². The highest BCUT2D eigenvalue weighted by molar-refractivity contribution is 5.96. The first-order valence-corrected chi connectivity index (χ1v) is 7.93. The van der Waals surface area contributed by atoms with Crippen LogP contribution >= 0.6 is 0 Å². The van der Waals surface area contributed by atoms with E-state index >= 15 is 0 Å². The summed E-state index contributed by atoms with van der Waals surface area (Å²) in [6.07, 6.45) is 4.08. The SMILES string of the molecule is CNC1(C)CCN(C2CCc3ccccc3NC2=O)CC1. The molecule has 4 heteroatoms. The van der Waals surface area contributed by atoms with Crippen molar-refractivity contribution in [1.29, 1.82) is 0 Å². The van der Waals surface area contributed by atoms with Gasteiger partial charge in [0.1, 0.15) is 0 Å². The molecule has 1 unspecified atom stereocenters. The van der Waals surface area contributed by atoms with Gasteiger partial charge in [-0.15, -0.1) is 0 Å². The molecule has 1 saturated heterocycles. The average Bonchev–Trinajstić information content (AvgIpc) is 2.67. The number of nitrogens with zero attached hydrogens (tertiary/aromatic N) is 1. The lowest BCUT2D eigenvalue weighted by Crippen LogP contribution is -2.54. The second kappa shape index (κ2) is 5.78. The number of carbonyl (C=O) groups excluding carboxylic acids is 1. The number of aryl methyl sites for hydroxylation is 1. The maximum atomic E-state index is 12.5. The van der Waals surface area contributed by atoms with Gasteiger partial charge in [-0.05, 0) is 51.3 Å². The van der Waals surface area contributed by atoms with Crippen molar-refractivity contribution in [2.24, 2.45) is 0 Å². The summed E-state index contributed by atoms with van der Waals surface area (Å²) in [6.45, 7) is 4.25. The van der Waals surface area contributed by atoms with Crippen molar-refractivity contribution in [3.8, 4) is 0 Å². The number of hydrogen-bond acceptors (Lipinski definition) is 3.